The fourth-order valence-corrected chi connectivity index (χ4v) is 5.82. The maximum Gasteiger partial charge on any atom is 0.330 e. The maximum absolute atomic E-state index is 12.7. The smallest absolute Gasteiger partial charge is 0.330 e. The molecule has 0 amide bonds. The summed E-state index contributed by atoms with van der Waals surface area (Å²) in [4.78, 5) is 26.9. The van der Waals surface area contributed by atoms with Crippen LogP contribution in [0.5, 0.6) is 11.5 Å². The van der Waals surface area contributed by atoms with Gasteiger partial charge in [-0.1, -0.05) is 54.6 Å². The molecule has 3 unspecified atom stereocenters. The van der Waals surface area contributed by atoms with Crippen LogP contribution in [0.3, 0.4) is 0 Å². The first-order valence-corrected chi connectivity index (χ1v) is 13.6. The summed E-state index contributed by atoms with van der Waals surface area (Å²) in [5, 5.41) is 11.4. The second-order valence-electron chi connectivity index (χ2n) is 10.6. The second kappa shape index (κ2) is 10.9. The van der Waals surface area contributed by atoms with Crippen molar-refractivity contribution in [3.63, 3.8) is 0 Å². The van der Waals surface area contributed by atoms with Crippen molar-refractivity contribution in [1.82, 2.24) is 9.55 Å². The SMILES string of the molecule is COc1ccc(C(OC[C@@]23COC(C(n4cc(C)c(=O)[nH]c4=O)O2)C3O)(c2ccccc2)c2ccc(OC)cc2)cc1. The lowest BCUT2D eigenvalue weighted by Gasteiger charge is -2.39. The van der Waals surface area contributed by atoms with E-state index in [1.165, 1.54) is 10.8 Å². The Morgan fingerprint density at radius 2 is 1.50 bits per heavy atom. The molecule has 10 heteroatoms. The van der Waals surface area contributed by atoms with Gasteiger partial charge in [-0.25, -0.2) is 4.79 Å². The third-order valence-electron chi connectivity index (χ3n) is 8.13. The van der Waals surface area contributed by atoms with Gasteiger partial charge in [0.25, 0.3) is 5.56 Å². The molecule has 2 N–H and O–H groups in total. The summed E-state index contributed by atoms with van der Waals surface area (Å²) >= 11 is 0. The molecule has 2 aliphatic heterocycles. The van der Waals surface area contributed by atoms with E-state index in [0.717, 1.165) is 16.7 Å². The van der Waals surface area contributed by atoms with Crippen LogP contribution in [-0.2, 0) is 19.8 Å². The van der Waals surface area contributed by atoms with Crippen LogP contribution < -0.4 is 20.7 Å². The predicted molar refractivity (Wildman–Crippen MR) is 153 cm³/mol. The van der Waals surface area contributed by atoms with Crippen molar-refractivity contribution in [2.24, 2.45) is 0 Å². The topological polar surface area (TPSA) is 121 Å². The van der Waals surface area contributed by atoms with Crippen molar-refractivity contribution < 1.29 is 28.8 Å². The molecule has 1 aromatic heterocycles. The largest absolute Gasteiger partial charge is 0.497 e. The summed E-state index contributed by atoms with van der Waals surface area (Å²) in [6, 6.07) is 25.0. The molecule has 2 bridgehead atoms. The first kappa shape index (κ1) is 27.9. The lowest BCUT2D eigenvalue weighted by molar-refractivity contribution is -0.204. The summed E-state index contributed by atoms with van der Waals surface area (Å²) in [5.41, 5.74) is -0.717. The number of nitrogens with one attached hydrogen (secondary N) is 1. The highest BCUT2D eigenvalue weighted by Crippen LogP contribution is 2.48. The molecule has 2 fully saturated rings. The number of H-pyrrole nitrogens is 1. The maximum atomic E-state index is 12.7. The minimum absolute atomic E-state index is 0.0580. The number of methoxy groups -OCH3 is 2. The summed E-state index contributed by atoms with van der Waals surface area (Å²) < 4.78 is 31.4. The van der Waals surface area contributed by atoms with Gasteiger partial charge in [0.1, 0.15) is 34.9 Å². The van der Waals surface area contributed by atoms with E-state index in [-0.39, 0.29) is 13.2 Å². The van der Waals surface area contributed by atoms with Crippen molar-refractivity contribution in [3.8, 4) is 11.5 Å². The molecule has 3 aromatic carbocycles. The molecule has 4 atom stereocenters. The summed E-state index contributed by atoms with van der Waals surface area (Å²) in [6.45, 7) is 1.57. The van der Waals surface area contributed by atoms with Gasteiger partial charge in [0.05, 0.1) is 27.4 Å². The van der Waals surface area contributed by atoms with Gasteiger partial charge >= 0.3 is 5.69 Å². The highest BCUT2D eigenvalue weighted by atomic mass is 16.7. The number of hydrogen-bond acceptors (Lipinski definition) is 8. The van der Waals surface area contributed by atoms with Crippen LogP contribution in [0.15, 0.2) is 94.6 Å². The number of aliphatic hydroxyl groups excluding tert-OH is 1. The molecule has 3 heterocycles. The Balaban J connectivity index is 1.44. The van der Waals surface area contributed by atoms with E-state index in [2.05, 4.69) is 4.98 Å². The lowest BCUT2D eigenvalue weighted by atomic mass is 9.79. The van der Waals surface area contributed by atoms with Crippen molar-refractivity contribution in [2.45, 2.75) is 36.6 Å². The van der Waals surface area contributed by atoms with Crippen LogP contribution in [0, 0.1) is 6.92 Å². The third kappa shape index (κ3) is 4.53. The van der Waals surface area contributed by atoms with E-state index in [9.17, 15) is 14.7 Å². The summed E-state index contributed by atoms with van der Waals surface area (Å²) in [5.74, 6) is 1.39. The molecular formula is C32H32N2O8. The monoisotopic (exact) mass is 572 g/mol. The molecule has 0 saturated carbocycles. The fraction of sp³-hybridized carbons (Fsp3) is 0.312. The van der Waals surface area contributed by atoms with Gasteiger partial charge in [-0.2, -0.15) is 0 Å². The molecule has 6 rings (SSSR count). The number of benzene rings is 3. The molecule has 0 radical (unpaired) electrons. The van der Waals surface area contributed by atoms with Crippen molar-refractivity contribution >= 4 is 0 Å². The molecule has 10 nitrogen and oxygen atoms in total. The van der Waals surface area contributed by atoms with Crippen molar-refractivity contribution in [1.29, 1.82) is 0 Å². The van der Waals surface area contributed by atoms with Gasteiger partial charge in [0.15, 0.2) is 6.23 Å². The van der Waals surface area contributed by atoms with Gasteiger partial charge in [0.2, 0.25) is 0 Å². The van der Waals surface area contributed by atoms with Crippen LogP contribution in [-0.4, -0.2) is 59.9 Å². The predicted octanol–water partition coefficient (Wildman–Crippen LogP) is 2.90. The first-order valence-electron chi connectivity index (χ1n) is 13.6. The molecule has 0 aliphatic carbocycles. The van der Waals surface area contributed by atoms with Gasteiger partial charge in [-0.15, -0.1) is 0 Å². The second-order valence-corrected chi connectivity index (χ2v) is 10.6. The summed E-state index contributed by atoms with van der Waals surface area (Å²) in [6.07, 6.45) is -1.46. The number of rotatable bonds is 9. The van der Waals surface area contributed by atoms with Crippen LogP contribution in [0.1, 0.15) is 28.5 Å². The Labute approximate surface area is 242 Å². The molecule has 4 aromatic rings. The first-order chi connectivity index (χ1) is 20.3. The Bertz CT molecular complexity index is 1620. The van der Waals surface area contributed by atoms with Crippen LogP contribution in [0.2, 0.25) is 0 Å². The molecule has 218 valence electrons. The molecule has 42 heavy (non-hydrogen) atoms. The number of ether oxygens (including phenoxy) is 5. The minimum atomic E-state index is -1.28. The highest BCUT2D eigenvalue weighted by molar-refractivity contribution is 5.49. The van der Waals surface area contributed by atoms with E-state index >= 15 is 0 Å². The van der Waals surface area contributed by atoms with Gasteiger partial charge < -0.3 is 28.8 Å². The van der Waals surface area contributed by atoms with Crippen molar-refractivity contribution in [3.05, 3.63) is 128 Å². The number of aromatic amines is 1. The highest BCUT2D eigenvalue weighted by Gasteiger charge is 2.63. The zero-order chi connectivity index (χ0) is 29.5. The average Bonchev–Trinajstić information content (AvgIpc) is 3.49. The van der Waals surface area contributed by atoms with Gasteiger partial charge in [0, 0.05) is 11.8 Å². The Hall–Kier alpha value is -4.22. The quantitative estimate of drug-likeness (QED) is 0.294. The minimum Gasteiger partial charge on any atom is -0.497 e. The number of aryl methyl sites for hydroxylation is 1. The molecule has 2 saturated heterocycles. The number of fused-ring (bicyclic) bond motifs is 2. The fourth-order valence-electron chi connectivity index (χ4n) is 5.82. The normalized spacial score (nSPS) is 23.2. The zero-order valence-corrected chi connectivity index (χ0v) is 23.5. The van der Waals surface area contributed by atoms with Gasteiger partial charge in [-0.05, 0) is 47.9 Å². The van der Waals surface area contributed by atoms with Crippen LogP contribution in [0.4, 0.5) is 0 Å². The molecular weight excluding hydrogens is 540 g/mol. The van der Waals surface area contributed by atoms with E-state index < -0.39 is 40.9 Å². The zero-order valence-electron chi connectivity index (χ0n) is 23.5. The average molecular weight is 573 g/mol. The Morgan fingerprint density at radius 3 is 2.07 bits per heavy atom. The van der Waals surface area contributed by atoms with Gasteiger partial charge in [-0.3, -0.25) is 14.3 Å². The lowest BCUT2D eigenvalue weighted by Crippen LogP contribution is -2.48. The summed E-state index contributed by atoms with van der Waals surface area (Å²) in [7, 11) is 3.22. The van der Waals surface area contributed by atoms with Crippen LogP contribution in [0.25, 0.3) is 0 Å². The van der Waals surface area contributed by atoms with E-state index in [1.54, 1.807) is 21.1 Å². The standard InChI is InChI=1S/C32H32N2O8/c1-20-17-34(30(37)33-28(20)36)29-26-27(35)31(42-29,18-40-26)19-41-32(21-7-5-4-6-8-21,22-9-13-24(38-2)14-10-22)23-11-15-25(39-3)16-12-23/h4-17,26-27,29,35H,18-19H2,1-3H3,(H,33,36,37)/t26?,27?,29?,31-/m1/s1. The number of aliphatic hydroxyl groups is 1. The number of aromatic nitrogens is 2. The van der Waals surface area contributed by atoms with Crippen LogP contribution >= 0.6 is 0 Å². The Morgan fingerprint density at radius 1 is 0.929 bits per heavy atom. The van der Waals surface area contributed by atoms with Crippen molar-refractivity contribution in [2.75, 3.05) is 27.4 Å². The number of nitrogens with zero attached hydrogens (tertiary/aromatic N) is 1. The third-order valence-corrected chi connectivity index (χ3v) is 8.13. The van der Waals surface area contributed by atoms with E-state index in [4.69, 9.17) is 23.7 Å². The Kier molecular flexibility index (Phi) is 7.24. The molecule has 2 aliphatic rings. The van der Waals surface area contributed by atoms with E-state index in [0.29, 0.717) is 17.1 Å². The number of hydrogen-bond donors (Lipinski definition) is 2. The molecule has 0 spiro atoms. The van der Waals surface area contributed by atoms with E-state index in [1.807, 2.05) is 78.9 Å².